The zero-order valence-corrected chi connectivity index (χ0v) is 18.0. The summed E-state index contributed by atoms with van der Waals surface area (Å²) in [6.45, 7) is 0. The fourth-order valence-electron chi connectivity index (χ4n) is 2.80. The Kier molecular flexibility index (Phi) is 6.33. The molecule has 3 aromatic rings. The second-order valence-electron chi connectivity index (χ2n) is 6.68. The highest BCUT2D eigenvalue weighted by Gasteiger charge is 2.23. The van der Waals surface area contributed by atoms with E-state index in [-0.39, 0.29) is 40.4 Å². The highest BCUT2D eigenvalue weighted by molar-refractivity contribution is 8.93. The summed E-state index contributed by atoms with van der Waals surface area (Å²) in [5, 5.41) is 16.2. The van der Waals surface area contributed by atoms with E-state index in [2.05, 4.69) is 15.6 Å². The average Bonchev–Trinajstić information content (AvgIpc) is 3.47. The Labute approximate surface area is 187 Å². The Morgan fingerprint density at radius 3 is 2.63 bits per heavy atom. The van der Waals surface area contributed by atoms with Crippen LogP contribution in [0.1, 0.15) is 23.2 Å². The number of aromatic nitrogens is 1. The molecule has 0 radical (unpaired) electrons. The van der Waals surface area contributed by atoms with Gasteiger partial charge in [-0.05, 0) is 37.1 Å². The molecule has 8 nitrogen and oxygen atoms in total. The summed E-state index contributed by atoms with van der Waals surface area (Å²) in [4.78, 5) is 27.6. The van der Waals surface area contributed by atoms with Gasteiger partial charge in [-0.1, -0.05) is 11.6 Å². The van der Waals surface area contributed by atoms with E-state index in [1.165, 1.54) is 18.3 Å². The third-order valence-electron chi connectivity index (χ3n) is 4.41. The molecule has 1 saturated carbocycles. The normalized spacial score (nSPS) is 12.7. The van der Waals surface area contributed by atoms with Crippen LogP contribution in [-0.2, 0) is 0 Å². The molecular weight excluding hydrogens is 476 g/mol. The number of hydrogen-bond acceptors (Lipinski definition) is 5. The molecule has 0 unspecified atom stereocenters. The Balaban J connectivity index is 0.00000256. The second-order valence-corrected chi connectivity index (χ2v) is 7.08. The lowest BCUT2D eigenvalue weighted by Crippen LogP contribution is -2.30. The van der Waals surface area contributed by atoms with Crippen molar-refractivity contribution in [2.45, 2.75) is 18.9 Å². The summed E-state index contributed by atoms with van der Waals surface area (Å²) in [7, 11) is 0. The molecule has 0 aliphatic heterocycles. The molecular formula is C20H18BrClN4O4. The molecule has 1 aliphatic rings. The van der Waals surface area contributed by atoms with Crippen molar-refractivity contribution in [1.82, 2.24) is 10.3 Å². The van der Waals surface area contributed by atoms with E-state index in [1.807, 2.05) is 0 Å². The zero-order valence-electron chi connectivity index (χ0n) is 15.5. The van der Waals surface area contributed by atoms with Gasteiger partial charge < -0.3 is 26.2 Å². The van der Waals surface area contributed by atoms with Crippen LogP contribution in [0, 0.1) is 0 Å². The fraction of sp³-hybridized carbons (Fsp3) is 0.150. The molecule has 3 amide bonds. The molecule has 156 valence electrons. The van der Waals surface area contributed by atoms with E-state index in [9.17, 15) is 14.7 Å². The van der Waals surface area contributed by atoms with Gasteiger partial charge in [-0.15, -0.1) is 17.0 Å². The highest BCUT2D eigenvalue weighted by atomic mass is 79.9. The highest BCUT2D eigenvalue weighted by Crippen LogP contribution is 2.35. The third kappa shape index (κ3) is 4.74. The minimum Gasteiger partial charge on any atom is -0.507 e. The van der Waals surface area contributed by atoms with Crippen molar-refractivity contribution < 1.29 is 19.4 Å². The number of amides is 3. The maximum absolute atomic E-state index is 11.9. The van der Waals surface area contributed by atoms with E-state index in [0.29, 0.717) is 33.1 Å². The Bertz CT molecular complexity index is 1140. The molecule has 2 aromatic carbocycles. The van der Waals surface area contributed by atoms with Crippen LogP contribution in [0.15, 0.2) is 42.6 Å². The number of halogens is 2. The lowest BCUT2D eigenvalue weighted by Gasteiger charge is -2.12. The lowest BCUT2D eigenvalue weighted by molar-refractivity contribution is 0.0998. The van der Waals surface area contributed by atoms with Crippen LogP contribution >= 0.6 is 28.6 Å². The second kappa shape index (κ2) is 8.76. The molecule has 0 saturated heterocycles. The van der Waals surface area contributed by atoms with Gasteiger partial charge in [0.15, 0.2) is 0 Å². The SMILES string of the molecule is Br.NC(=O)c1cc2c(Oc3ccc(NC(=O)NC4CC4)c(Cl)c3)ccnc2cc1O. The molecule has 0 bridgehead atoms. The molecule has 0 atom stereocenters. The Morgan fingerprint density at radius 1 is 1.20 bits per heavy atom. The van der Waals surface area contributed by atoms with Gasteiger partial charge in [-0.2, -0.15) is 0 Å². The number of ether oxygens (including phenoxy) is 1. The van der Waals surface area contributed by atoms with Crippen molar-refractivity contribution in [1.29, 1.82) is 0 Å². The van der Waals surface area contributed by atoms with Crippen LogP contribution < -0.4 is 21.1 Å². The van der Waals surface area contributed by atoms with Crippen LogP contribution in [0.25, 0.3) is 10.9 Å². The molecule has 10 heteroatoms. The number of aromatic hydroxyl groups is 1. The maximum atomic E-state index is 11.9. The Hall–Kier alpha value is -3.04. The van der Waals surface area contributed by atoms with E-state index < -0.39 is 5.91 Å². The molecule has 1 fully saturated rings. The van der Waals surface area contributed by atoms with Crippen molar-refractivity contribution in [3.05, 3.63) is 53.2 Å². The first kappa shape index (κ1) is 21.7. The predicted molar refractivity (Wildman–Crippen MR) is 119 cm³/mol. The standard InChI is InChI=1S/C20H17ClN4O4.BrH/c21-14-7-11(3-4-15(14)25-20(28)24-10-1-2-10)29-18-5-6-23-16-9-17(26)13(19(22)27)8-12(16)18;/h3-10,26H,1-2H2,(H2,22,27)(H2,24,25,28);1H. The molecule has 4 rings (SSSR count). The van der Waals surface area contributed by atoms with Gasteiger partial charge >= 0.3 is 6.03 Å². The first-order valence-electron chi connectivity index (χ1n) is 8.87. The third-order valence-corrected chi connectivity index (χ3v) is 4.73. The van der Waals surface area contributed by atoms with Crippen molar-refractivity contribution >= 4 is 57.1 Å². The summed E-state index contributed by atoms with van der Waals surface area (Å²) in [6, 6.07) is 9.18. The van der Waals surface area contributed by atoms with Crippen molar-refractivity contribution in [3.8, 4) is 17.2 Å². The first-order valence-corrected chi connectivity index (χ1v) is 9.25. The number of hydrogen-bond donors (Lipinski definition) is 4. The lowest BCUT2D eigenvalue weighted by atomic mass is 10.1. The van der Waals surface area contributed by atoms with Crippen molar-refractivity contribution in [3.63, 3.8) is 0 Å². The minimum atomic E-state index is -0.762. The molecule has 5 N–H and O–H groups in total. The Morgan fingerprint density at radius 2 is 1.97 bits per heavy atom. The summed E-state index contributed by atoms with van der Waals surface area (Å²) in [5.74, 6) is -0.190. The molecule has 30 heavy (non-hydrogen) atoms. The monoisotopic (exact) mass is 492 g/mol. The molecule has 1 heterocycles. The number of nitrogens with two attached hydrogens (primary N) is 1. The number of rotatable bonds is 5. The number of nitrogens with one attached hydrogen (secondary N) is 2. The van der Waals surface area contributed by atoms with Gasteiger partial charge in [-0.3, -0.25) is 9.78 Å². The summed E-state index contributed by atoms with van der Waals surface area (Å²) >= 11 is 6.27. The number of pyridine rings is 1. The number of phenols is 1. The van der Waals surface area contributed by atoms with E-state index >= 15 is 0 Å². The van der Waals surface area contributed by atoms with Gasteiger partial charge in [0, 0.05) is 29.8 Å². The zero-order chi connectivity index (χ0) is 20.5. The van der Waals surface area contributed by atoms with E-state index in [0.717, 1.165) is 12.8 Å². The van der Waals surface area contributed by atoms with Crippen LogP contribution in [0.4, 0.5) is 10.5 Å². The molecule has 1 aromatic heterocycles. The van der Waals surface area contributed by atoms with Gasteiger partial charge in [0.05, 0.1) is 21.8 Å². The number of anilines is 1. The van der Waals surface area contributed by atoms with Gasteiger partial charge in [0.25, 0.3) is 5.91 Å². The number of nitrogens with zero attached hydrogens (tertiary/aromatic N) is 1. The minimum absolute atomic E-state index is 0. The number of benzene rings is 2. The van der Waals surface area contributed by atoms with Gasteiger partial charge in [-0.25, -0.2) is 4.79 Å². The van der Waals surface area contributed by atoms with Gasteiger partial charge in [0.2, 0.25) is 0 Å². The van der Waals surface area contributed by atoms with Gasteiger partial charge in [0.1, 0.15) is 17.2 Å². The summed E-state index contributed by atoms with van der Waals surface area (Å²) in [6.07, 6.45) is 3.49. The number of fused-ring (bicyclic) bond motifs is 1. The quantitative estimate of drug-likeness (QED) is 0.420. The van der Waals surface area contributed by atoms with Crippen LogP contribution in [0.2, 0.25) is 5.02 Å². The van der Waals surface area contributed by atoms with Crippen LogP contribution in [0.5, 0.6) is 17.2 Å². The van der Waals surface area contributed by atoms with E-state index in [1.54, 1.807) is 24.3 Å². The largest absolute Gasteiger partial charge is 0.507 e. The summed E-state index contributed by atoms with van der Waals surface area (Å²) < 4.78 is 5.90. The average molecular weight is 494 g/mol. The summed E-state index contributed by atoms with van der Waals surface area (Å²) in [5.41, 5.74) is 6.16. The number of primary amides is 1. The molecule has 0 spiro atoms. The van der Waals surface area contributed by atoms with E-state index in [4.69, 9.17) is 22.1 Å². The smallest absolute Gasteiger partial charge is 0.319 e. The van der Waals surface area contributed by atoms with Crippen LogP contribution in [0.3, 0.4) is 0 Å². The number of carbonyl (C=O) groups excluding carboxylic acids is 2. The fourth-order valence-corrected chi connectivity index (χ4v) is 3.02. The number of carbonyl (C=O) groups is 2. The molecule has 1 aliphatic carbocycles. The topological polar surface area (TPSA) is 127 Å². The van der Waals surface area contributed by atoms with Crippen molar-refractivity contribution in [2.75, 3.05) is 5.32 Å². The number of urea groups is 1. The van der Waals surface area contributed by atoms with Crippen molar-refractivity contribution in [2.24, 2.45) is 5.73 Å². The maximum Gasteiger partial charge on any atom is 0.319 e. The predicted octanol–water partition coefficient (Wildman–Crippen LogP) is 4.35. The van der Waals surface area contributed by atoms with Crippen LogP contribution in [-0.4, -0.2) is 28.1 Å². The first-order chi connectivity index (χ1) is 13.9.